The molecule has 0 aliphatic carbocycles. The Balaban J connectivity index is 2.13. The fourth-order valence-electron chi connectivity index (χ4n) is 2.20. The third-order valence-electron chi connectivity index (χ3n) is 4.14. The van der Waals surface area contributed by atoms with Crippen LogP contribution in [0.15, 0.2) is 42.4 Å². The van der Waals surface area contributed by atoms with Crippen molar-refractivity contribution in [3.63, 3.8) is 0 Å². The molecule has 1 fully saturated rings. The van der Waals surface area contributed by atoms with Gasteiger partial charge in [-0.1, -0.05) is 36.3 Å². The lowest BCUT2D eigenvalue weighted by Gasteiger charge is -2.32. The predicted octanol–water partition coefficient (Wildman–Crippen LogP) is 3.48. The summed E-state index contributed by atoms with van der Waals surface area (Å²) in [7, 11) is -0.452. The summed E-state index contributed by atoms with van der Waals surface area (Å²) in [5, 5.41) is 0. The van der Waals surface area contributed by atoms with E-state index in [0.717, 1.165) is 5.56 Å². The largest absolute Gasteiger partial charge is 0.486 e. The van der Waals surface area contributed by atoms with Gasteiger partial charge in [0.05, 0.1) is 11.2 Å². The van der Waals surface area contributed by atoms with Crippen LogP contribution in [0.4, 0.5) is 0 Å². The third kappa shape index (κ3) is 3.78. The summed E-state index contributed by atoms with van der Waals surface area (Å²) in [6.45, 7) is 9.41. The van der Waals surface area contributed by atoms with Gasteiger partial charge in [-0.25, -0.2) is 0 Å². The Morgan fingerprint density at radius 1 is 1.14 bits per heavy atom. The first-order valence-electron chi connectivity index (χ1n) is 7.47. The van der Waals surface area contributed by atoms with E-state index in [2.05, 4.69) is 0 Å². The molecule has 0 bridgehead atoms. The lowest BCUT2D eigenvalue weighted by Crippen LogP contribution is -2.41. The molecule has 5 heteroatoms. The molecule has 1 unspecified atom stereocenters. The van der Waals surface area contributed by atoms with Crippen LogP contribution in [0.5, 0.6) is 0 Å². The predicted molar refractivity (Wildman–Crippen MR) is 86.2 cm³/mol. The Hall–Kier alpha value is -1.59. The number of benzene rings is 1. The van der Waals surface area contributed by atoms with Crippen LogP contribution in [0, 0.1) is 0 Å². The van der Waals surface area contributed by atoms with Crippen LogP contribution in [-0.2, 0) is 18.8 Å². The molecule has 2 rings (SSSR count). The van der Waals surface area contributed by atoms with Crippen molar-refractivity contribution < 1.29 is 18.8 Å². The van der Waals surface area contributed by atoms with E-state index in [1.165, 1.54) is 6.92 Å². The minimum absolute atomic E-state index is 0.326. The van der Waals surface area contributed by atoms with Crippen molar-refractivity contribution in [2.75, 3.05) is 0 Å². The van der Waals surface area contributed by atoms with Gasteiger partial charge in [-0.3, -0.25) is 4.79 Å². The molecule has 0 N–H and O–H groups in total. The summed E-state index contributed by atoms with van der Waals surface area (Å²) >= 11 is 0. The molecule has 0 saturated carbocycles. The molecule has 0 spiro atoms. The van der Waals surface area contributed by atoms with Gasteiger partial charge >= 0.3 is 13.1 Å². The maximum absolute atomic E-state index is 11.3. The second-order valence-electron chi connectivity index (χ2n) is 6.45. The fourth-order valence-corrected chi connectivity index (χ4v) is 2.20. The highest BCUT2D eigenvalue weighted by atomic mass is 16.7. The number of carbonyl (C=O) groups is 1. The normalized spacial score (nSPS) is 21.0. The molecular weight excluding hydrogens is 279 g/mol. The van der Waals surface area contributed by atoms with E-state index in [1.54, 1.807) is 12.1 Å². The molecule has 1 aromatic carbocycles. The second kappa shape index (κ2) is 6.27. The number of esters is 1. The molecule has 1 aliphatic heterocycles. The zero-order valence-corrected chi connectivity index (χ0v) is 13.8. The highest BCUT2D eigenvalue weighted by Crippen LogP contribution is 2.37. The fraction of sp³-hybridized carbons (Fsp3) is 0.471. The van der Waals surface area contributed by atoms with E-state index in [9.17, 15) is 4.79 Å². The average Bonchev–Trinajstić information content (AvgIpc) is 2.63. The Labute approximate surface area is 132 Å². The topological polar surface area (TPSA) is 44.8 Å². The Bertz CT molecular complexity index is 535. The summed E-state index contributed by atoms with van der Waals surface area (Å²) in [5.41, 5.74) is 0.141. The lowest BCUT2D eigenvalue weighted by molar-refractivity contribution is -0.144. The van der Waals surface area contributed by atoms with Gasteiger partial charge in [0, 0.05) is 6.92 Å². The highest BCUT2D eigenvalue weighted by molar-refractivity contribution is 6.51. The summed E-state index contributed by atoms with van der Waals surface area (Å²) < 4.78 is 17.2. The SMILES string of the molecule is CC(=O)OC(/C=C/B1OC(C)(C)C(C)(C)O1)c1ccccc1. The van der Waals surface area contributed by atoms with Crippen molar-refractivity contribution in [1.29, 1.82) is 0 Å². The van der Waals surface area contributed by atoms with Crippen molar-refractivity contribution in [3.05, 3.63) is 47.9 Å². The standard InChI is InChI=1S/C17H23BO4/c1-13(19)20-15(14-9-7-6-8-10-14)11-12-18-21-16(2,3)17(4,5)22-18/h6-12,15H,1-5H3/b12-11+. The van der Waals surface area contributed by atoms with Crippen LogP contribution < -0.4 is 0 Å². The van der Waals surface area contributed by atoms with Gasteiger partial charge in [-0.15, -0.1) is 0 Å². The summed E-state index contributed by atoms with van der Waals surface area (Å²) in [6.07, 6.45) is 1.36. The Kier molecular flexibility index (Phi) is 4.78. The summed E-state index contributed by atoms with van der Waals surface area (Å²) in [6, 6.07) is 9.58. The summed E-state index contributed by atoms with van der Waals surface area (Å²) in [4.78, 5) is 11.3. The van der Waals surface area contributed by atoms with Crippen LogP contribution in [0.1, 0.15) is 46.3 Å². The third-order valence-corrected chi connectivity index (χ3v) is 4.14. The van der Waals surface area contributed by atoms with Gasteiger partial charge in [0.15, 0.2) is 0 Å². The molecule has 1 saturated heterocycles. The zero-order chi connectivity index (χ0) is 16.4. The lowest BCUT2D eigenvalue weighted by atomic mass is 9.88. The molecule has 1 atom stereocenters. The molecule has 0 amide bonds. The molecule has 1 aromatic rings. The first kappa shape index (κ1) is 16.8. The van der Waals surface area contributed by atoms with Crippen molar-refractivity contribution in [3.8, 4) is 0 Å². The smallest absolute Gasteiger partial charge is 0.453 e. The second-order valence-corrected chi connectivity index (χ2v) is 6.45. The Morgan fingerprint density at radius 2 is 1.68 bits per heavy atom. The van der Waals surface area contributed by atoms with Gasteiger partial charge < -0.3 is 14.0 Å². The maximum atomic E-state index is 11.3. The van der Waals surface area contributed by atoms with Crippen LogP contribution in [0.25, 0.3) is 0 Å². The molecule has 4 nitrogen and oxygen atoms in total. The first-order valence-corrected chi connectivity index (χ1v) is 7.47. The average molecular weight is 302 g/mol. The number of rotatable bonds is 4. The van der Waals surface area contributed by atoms with Gasteiger partial charge in [-0.05, 0) is 39.3 Å². The molecule has 118 valence electrons. The number of hydrogen-bond acceptors (Lipinski definition) is 4. The molecule has 0 aromatic heterocycles. The van der Waals surface area contributed by atoms with Crippen LogP contribution >= 0.6 is 0 Å². The monoisotopic (exact) mass is 302 g/mol. The first-order chi connectivity index (χ1) is 10.2. The maximum Gasteiger partial charge on any atom is 0.486 e. The van der Waals surface area contributed by atoms with E-state index in [-0.39, 0.29) is 17.2 Å². The number of carbonyl (C=O) groups excluding carboxylic acids is 1. The Morgan fingerprint density at radius 3 is 2.18 bits per heavy atom. The molecule has 0 radical (unpaired) electrons. The van der Waals surface area contributed by atoms with Gasteiger partial charge in [-0.2, -0.15) is 0 Å². The van der Waals surface area contributed by atoms with Gasteiger partial charge in [0.2, 0.25) is 0 Å². The van der Waals surface area contributed by atoms with Crippen LogP contribution in [-0.4, -0.2) is 24.3 Å². The quantitative estimate of drug-likeness (QED) is 0.631. The number of ether oxygens (including phenoxy) is 1. The van der Waals surface area contributed by atoms with Gasteiger partial charge in [0.1, 0.15) is 6.10 Å². The molecular formula is C17H23BO4. The highest BCUT2D eigenvalue weighted by Gasteiger charge is 2.50. The van der Waals surface area contributed by atoms with E-state index in [0.29, 0.717) is 0 Å². The minimum atomic E-state index is -0.452. The van der Waals surface area contributed by atoms with Crippen molar-refractivity contribution in [2.45, 2.75) is 51.9 Å². The minimum Gasteiger partial charge on any atom is -0.453 e. The molecule has 1 aliphatic rings. The van der Waals surface area contributed by atoms with Crippen molar-refractivity contribution in [2.24, 2.45) is 0 Å². The van der Waals surface area contributed by atoms with Crippen molar-refractivity contribution in [1.82, 2.24) is 0 Å². The van der Waals surface area contributed by atoms with E-state index >= 15 is 0 Å². The van der Waals surface area contributed by atoms with E-state index in [1.807, 2.05) is 58.0 Å². The summed E-state index contributed by atoms with van der Waals surface area (Å²) in [5.74, 6) is 1.48. The van der Waals surface area contributed by atoms with Crippen LogP contribution in [0.3, 0.4) is 0 Å². The van der Waals surface area contributed by atoms with Crippen LogP contribution in [0.2, 0.25) is 0 Å². The molecule has 22 heavy (non-hydrogen) atoms. The molecule has 1 heterocycles. The number of hydrogen-bond donors (Lipinski definition) is 0. The van der Waals surface area contributed by atoms with Crippen molar-refractivity contribution >= 4 is 13.1 Å². The van der Waals surface area contributed by atoms with Gasteiger partial charge in [0.25, 0.3) is 0 Å². The van der Waals surface area contributed by atoms with E-state index < -0.39 is 13.2 Å². The zero-order valence-electron chi connectivity index (χ0n) is 13.8. The van der Waals surface area contributed by atoms with E-state index in [4.69, 9.17) is 14.0 Å².